The number of nitrogens with zero attached hydrogens (tertiary/aromatic N) is 3. The highest BCUT2D eigenvalue weighted by Crippen LogP contribution is 2.13. The zero-order valence-corrected chi connectivity index (χ0v) is 12.5. The van der Waals surface area contributed by atoms with E-state index in [0.717, 1.165) is 43.6 Å². The van der Waals surface area contributed by atoms with Gasteiger partial charge >= 0.3 is 0 Å². The molecule has 0 aliphatic carbocycles. The largest absolute Gasteiger partial charge is 0.369 e. The molecule has 104 valence electrons. The molecule has 0 spiro atoms. The van der Waals surface area contributed by atoms with Crippen molar-refractivity contribution in [2.45, 2.75) is 13.0 Å². The standard InChI is InChI=1S/C13H19BrN4O/c14-12-6-11(7-16-8-12)9-17-2-1-3-18(5-4-17)10-13(15)19/h6-8H,1-5,9-10H2,(H2,15,19). The molecular weight excluding hydrogens is 308 g/mol. The highest BCUT2D eigenvalue weighted by Gasteiger charge is 2.16. The van der Waals surface area contributed by atoms with E-state index in [4.69, 9.17) is 5.73 Å². The number of hydrogen-bond donors (Lipinski definition) is 1. The molecule has 1 aliphatic heterocycles. The fraction of sp³-hybridized carbons (Fsp3) is 0.538. The SMILES string of the molecule is NC(=O)CN1CCCN(Cc2cncc(Br)c2)CC1. The fourth-order valence-corrected chi connectivity index (χ4v) is 2.77. The molecule has 1 saturated heterocycles. The lowest BCUT2D eigenvalue weighted by molar-refractivity contribution is -0.119. The Labute approximate surface area is 121 Å². The summed E-state index contributed by atoms with van der Waals surface area (Å²) >= 11 is 3.44. The van der Waals surface area contributed by atoms with Gasteiger partial charge in [0.1, 0.15) is 0 Å². The number of carbonyl (C=O) groups excluding carboxylic acids is 1. The minimum absolute atomic E-state index is 0.246. The number of halogens is 1. The first-order valence-corrected chi connectivity index (χ1v) is 7.25. The van der Waals surface area contributed by atoms with E-state index in [9.17, 15) is 4.79 Å². The predicted octanol–water partition coefficient (Wildman–Crippen LogP) is 0.837. The molecule has 0 radical (unpaired) electrons. The predicted molar refractivity (Wildman–Crippen MR) is 77.5 cm³/mol. The monoisotopic (exact) mass is 326 g/mol. The van der Waals surface area contributed by atoms with Crippen LogP contribution in [-0.2, 0) is 11.3 Å². The van der Waals surface area contributed by atoms with E-state index >= 15 is 0 Å². The maximum Gasteiger partial charge on any atom is 0.231 e. The van der Waals surface area contributed by atoms with E-state index in [1.54, 1.807) is 6.20 Å². The summed E-state index contributed by atoms with van der Waals surface area (Å²) in [5, 5.41) is 0. The maximum absolute atomic E-state index is 10.9. The van der Waals surface area contributed by atoms with Gasteiger partial charge in [-0.3, -0.25) is 19.6 Å². The number of amides is 1. The Hall–Kier alpha value is -0.980. The molecule has 5 nitrogen and oxygen atoms in total. The van der Waals surface area contributed by atoms with Gasteiger partial charge in [0.15, 0.2) is 0 Å². The van der Waals surface area contributed by atoms with Crippen LogP contribution in [0.2, 0.25) is 0 Å². The molecule has 6 heteroatoms. The van der Waals surface area contributed by atoms with E-state index in [2.05, 4.69) is 36.8 Å². The first kappa shape index (κ1) is 14.4. The highest BCUT2D eigenvalue weighted by molar-refractivity contribution is 9.10. The second kappa shape index (κ2) is 6.98. The summed E-state index contributed by atoms with van der Waals surface area (Å²) in [6.07, 6.45) is 4.76. The van der Waals surface area contributed by atoms with Gasteiger partial charge in [0.2, 0.25) is 5.91 Å². The van der Waals surface area contributed by atoms with Gasteiger partial charge in [-0.2, -0.15) is 0 Å². The second-order valence-corrected chi connectivity index (χ2v) is 5.80. The molecule has 19 heavy (non-hydrogen) atoms. The zero-order chi connectivity index (χ0) is 13.7. The molecule has 0 aromatic carbocycles. The Balaban J connectivity index is 1.87. The minimum atomic E-state index is -0.246. The van der Waals surface area contributed by atoms with Crippen molar-refractivity contribution in [1.82, 2.24) is 14.8 Å². The summed E-state index contributed by atoms with van der Waals surface area (Å²) in [6.45, 7) is 5.10. The van der Waals surface area contributed by atoms with E-state index in [0.29, 0.717) is 6.54 Å². The van der Waals surface area contributed by atoms with Crippen LogP contribution in [0.1, 0.15) is 12.0 Å². The summed E-state index contributed by atoms with van der Waals surface area (Å²) in [6, 6.07) is 2.10. The summed E-state index contributed by atoms with van der Waals surface area (Å²) in [5.74, 6) is -0.246. The van der Waals surface area contributed by atoms with Crippen LogP contribution in [0.25, 0.3) is 0 Å². The summed E-state index contributed by atoms with van der Waals surface area (Å²) in [4.78, 5) is 19.6. The van der Waals surface area contributed by atoms with Crippen molar-refractivity contribution in [2.75, 3.05) is 32.7 Å². The van der Waals surface area contributed by atoms with E-state index in [1.165, 1.54) is 5.56 Å². The highest BCUT2D eigenvalue weighted by atomic mass is 79.9. The van der Waals surface area contributed by atoms with Crippen LogP contribution in [0, 0.1) is 0 Å². The first-order chi connectivity index (χ1) is 9.13. The molecule has 1 aromatic heterocycles. The molecule has 1 aromatic rings. The number of aromatic nitrogens is 1. The summed E-state index contributed by atoms with van der Waals surface area (Å²) < 4.78 is 1.01. The van der Waals surface area contributed by atoms with Gasteiger partial charge in [0.25, 0.3) is 0 Å². The van der Waals surface area contributed by atoms with Crippen LogP contribution in [0.3, 0.4) is 0 Å². The van der Waals surface area contributed by atoms with E-state index in [1.807, 2.05) is 6.20 Å². The average molecular weight is 327 g/mol. The van der Waals surface area contributed by atoms with Gasteiger partial charge in [0.05, 0.1) is 6.54 Å². The molecule has 2 heterocycles. The lowest BCUT2D eigenvalue weighted by Crippen LogP contribution is -2.36. The van der Waals surface area contributed by atoms with Crippen molar-refractivity contribution in [2.24, 2.45) is 5.73 Å². The number of pyridine rings is 1. The van der Waals surface area contributed by atoms with Gasteiger partial charge in [0, 0.05) is 36.5 Å². The lowest BCUT2D eigenvalue weighted by atomic mass is 10.2. The smallest absolute Gasteiger partial charge is 0.231 e. The summed E-state index contributed by atoms with van der Waals surface area (Å²) in [5.41, 5.74) is 6.45. The zero-order valence-electron chi connectivity index (χ0n) is 10.9. The molecule has 0 bridgehead atoms. The van der Waals surface area contributed by atoms with Crippen molar-refractivity contribution in [3.05, 3.63) is 28.5 Å². The molecule has 1 aliphatic rings. The third kappa shape index (κ3) is 4.89. The van der Waals surface area contributed by atoms with Crippen LogP contribution in [0.15, 0.2) is 22.9 Å². The van der Waals surface area contributed by atoms with Crippen molar-refractivity contribution >= 4 is 21.8 Å². The molecule has 0 unspecified atom stereocenters. The number of nitrogens with two attached hydrogens (primary N) is 1. The van der Waals surface area contributed by atoms with Crippen molar-refractivity contribution in [1.29, 1.82) is 0 Å². The Morgan fingerprint density at radius 2 is 2.00 bits per heavy atom. The average Bonchev–Trinajstić information content (AvgIpc) is 2.54. The normalized spacial score (nSPS) is 18.2. The van der Waals surface area contributed by atoms with Gasteiger partial charge in [-0.15, -0.1) is 0 Å². The number of primary amides is 1. The van der Waals surface area contributed by atoms with Crippen LogP contribution in [0.5, 0.6) is 0 Å². The van der Waals surface area contributed by atoms with Gasteiger partial charge in [-0.25, -0.2) is 0 Å². The van der Waals surface area contributed by atoms with Gasteiger partial charge < -0.3 is 5.73 Å². The number of carbonyl (C=O) groups is 1. The quantitative estimate of drug-likeness (QED) is 0.890. The van der Waals surface area contributed by atoms with Crippen molar-refractivity contribution in [3.63, 3.8) is 0 Å². The Bertz CT molecular complexity index is 440. The maximum atomic E-state index is 10.9. The molecule has 2 N–H and O–H groups in total. The third-order valence-corrected chi connectivity index (χ3v) is 3.66. The first-order valence-electron chi connectivity index (χ1n) is 6.46. The van der Waals surface area contributed by atoms with Crippen LogP contribution in [0.4, 0.5) is 0 Å². The number of rotatable bonds is 4. The molecule has 0 atom stereocenters. The second-order valence-electron chi connectivity index (χ2n) is 4.88. The third-order valence-electron chi connectivity index (χ3n) is 3.23. The minimum Gasteiger partial charge on any atom is -0.369 e. The van der Waals surface area contributed by atoms with E-state index in [-0.39, 0.29) is 5.91 Å². The Kier molecular flexibility index (Phi) is 5.30. The molecular formula is C13H19BrN4O. The Morgan fingerprint density at radius 1 is 1.26 bits per heavy atom. The fourth-order valence-electron chi connectivity index (χ4n) is 2.36. The molecule has 1 amide bonds. The molecule has 1 fully saturated rings. The van der Waals surface area contributed by atoms with Crippen LogP contribution in [-0.4, -0.2) is 53.4 Å². The topological polar surface area (TPSA) is 62.5 Å². The van der Waals surface area contributed by atoms with Gasteiger partial charge in [-0.1, -0.05) is 0 Å². The Morgan fingerprint density at radius 3 is 2.74 bits per heavy atom. The van der Waals surface area contributed by atoms with Crippen LogP contribution < -0.4 is 5.73 Å². The number of hydrogen-bond acceptors (Lipinski definition) is 4. The van der Waals surface area contributed by atoms with Gasteiger partial charge in [-0.05, 0) is 47.1 Å². The summed E-state index contributed by atoms with van der Waals surface area (Å²) in [7, 11) is 0. The molecule has 0 saturated carbocycles. The van der Waals surface area contributed by atoms with Crippen molar-refractivity contribution < 1.29 is 4.79 Å². The van der Waals surface area contributed by atoms with E-state index < -0.39 is 0 Å². The van der Waals surface area contributed by atoms with Crippen LogP contribution >= 0.6 is 15.9 Å². The van der Waals surface area contributed by atoms with Crippen molar-refractivity contribution in [3.8, 4) is 0 Å². The molecule has 2 rings (SSSR count). The lowest BCUT2D eigenvalue weighted by Gasteiger charge is -2.20.